The van der Waals surface area contributed by atoms with Gasteiger partial charge in [0.05, 0.1) is 17.2 Å². The topological polar surface area (TPSA) is 63.9 Å². The summed E-state index contributed by atoms with van der Waals surface area (Å²) in [6.45, 7) is 6.48. The van der Waals surface area contributed by atoms with Crippen LogP contribution >= 0.6 is 0 Å². The molecule has 0 bridgehead atoms. The van der Waals surface area contributed by atoms with Gasteiger partial charge in [-0.1, -0.05) is 19.8 Å². The van der Waals surface area contributed by atoms with Gasteiger partial charge in [0.25, 0.3) is 0 Å². The average Bonchev–Trinajstić information content (AvgIpc) is 2.94. The number of benzene rings is 1. The van der Waals surface area contributed by atoms with Crippen LogP contribution in [0.5, 0.6) is 0 Å². The molecule has 0 aliphatic carbocycles. The molecular formula is C21H25N5O. The Bertz CT molecular complexity index is 934. The molecule has 6 heteroatoms. The third kappa shape index (κ3) is 3.76. The summed E-state index contributed by atoms with van der Waals surface area (Å²) >= 11 is 0. The molecule has 1 aromatic carbocycles. The number of imidazole rings is 1. The lowest BCUT2D eigenvalue weighted by molar-refractivity contribution is 0.103. The minimum atomic E-state index is -0.115. The lowest BCUT2D eigenvalue weighted by Gasteiger charge is -2.19. The van der Waals surface area contributed by atoms with E-state index in [4.69, 9.17) is 4.98 Å². The molecule has 0 saturated heterocycles. The van der Waals surface area contributed by atoms with Crippen LogP contribution in [0.1, 0.15) is 48.1 Å². The molecule has 0 fully saturated rings. The summed E-state index contributed by atoms with van der Waals surface area (Å²) in [4.78, 5) is 28.1. The van der Waals surface area contributed by atoms with Crippen molar-refractivity contribution in [3.05, 3.63) is 53.9 Å². The van der Waals surface area contributed by atoms with Crippen molar-refractivity contribution in [2.75, 3.05) is 19.6 Å². The highest BCUT2D eigenvalue weighted by atomic mass is 16.1. The Kier molecular flexibility index (Phi) is 5.25. The van der Waals surface area contributed by atoms with E-state index in [1.807, 2.05) is 18.2 Å². The molecule has 0 spiro atoms. The van der Waals surface area contributed by atoms with Crippen molar-refractivity contribution >= 4 is 16.8 Å². The number of aromatic nitrogens is 4. The smallest absolute Gasteiger partial charge is 0.213 e. The van der Waals surface area contributed by atoms with Crippen molar-refractivity contribution in [1.29, 1.82) is 0 Å². The van der Waals surface area contributed by atoms with E-state index in [9.17, 15) is 4.79 Å². The molecule has 1 aliphatic heterocycles. The minimum Gasteiger partial charge on any atom is -0.327 e. The van der Waals surface area contributed by atoms with E-state index in [2.05, 4.69) is 26.4 Å². The zero-order chi connectivity index (χ0) is 18.6. The van der Waals surface area contributed by atoms with Crippen LogP contribution in [0.25, 0.3) is 11.0 Å². The largest absolute Gasteiger partial charge is 0.327 e. The van der Waals surface area contributed by atoms with Gasteiger partial charge >= 0.3 is 0 Å². The number of carbonyl (C=O) groups excluding carboxylic acids is 1. The molecule has 0 radical (unpaired) electrons. The van der Waals surface area contributed by atoms with Crippen LogP contribution in [0, 0.1) is 0 Å². The van der Waals surface area contributed by atoms with Crippen molar-refractivity contribution in [3.63, 3.8) is 0 Å². The Morgan fingerprint density at radius 1 is 1.15 bits per heavy atom. The van der Waals surface area contributed by atoms with Crippen LogP contribution in [-0.2, 0) is 13.0 Å². The molecule has 0 atom stereocenters. The van der Waals surface area contributed by atoms with Gasteiger partial charge in [0, 0.05) is 44.0 Å². The maximum Gasteiger partial charge on any atom is 0.213 e. The van der Waals surface area contributed by atoms with Crippen molar-refractivity contribution in [2.24, 2.45) is 0 Å². The van der Waals surface area contributed by atoms with Gasteiger partial charge in [-0.15, -0.1) is 0 Å². The number of hydrogen-bond donors (Lipinski definition) is 0. The highest BCUT2D eigenvalue weighted by Crippen LogP contribution is 2.21. The normalized spacial score (nSPS) is 14.9. The molecule has 3 heterocycles. The second kappa shape index (κ2) is 7.96. The summed E-state index contributed by atoms with van der Waals surface area (Å²) in [6.07, 6.45) is 9.39. The number of fused-ring (bicyclic) bond motifs is 3. The van der Waals surface area contributed by atoms with Gasteiger partial charge in [-0.2, -0.15) is 0 Å². The SMILES string of the molecule is CCCCCN1CCc2nc3cc(C(=O)c4cnccn4)ccc3n2CC1. The monoisotopic (exact) mass is 363 g/mol. The number of nitrogens with zero attached hydrogens (tertiary/aromatic N) is 5. The van der Waals surface area contributed by atoms with Crippen LogP contribution in [0.4, 0.5) is 0 Å². The number of hydrogen-bond acceptors (Lipinski definition) is 5. The molecule has 6 nitrogen and oxygen atoms in total. The third-order valence-electron chi connectivity index (χ3n) is 5.25. The van der Waals surface area contributed by atoms with E-state index in [0.29, 0.717) is 11.3 Å². The fourth-order valence-corrected chi connectivity index (χ4v) is 3.75. The first-order valence-corrected chi connectivity index (χ1v) is 9.78. The zero-order valence-corrected chi connectivity index (χ0v) is 15.8. The number of rotatable bonds is 6. The van der Waals surface area contributed by atoms with Crippen LogP contribution in [0.2, 0.25) is 0 Å². The van der Waals surface area contributed by atoms with Gasteiger partial charge in [-0.05, 0) is 31.2 Å². The minimum absolute atomic E-state index is 0.115. The molecule has 4 rings (SSSR count). The number of carbonyl (C=O) groups is 1. The van der Waals surface area contributed by atoms with Crippen LogP contribution in [0.3, 0.4) is 0 Å². The van der Waals surface area contributed by atoms with E-state index < -0.39 is 0 Å². The average molecular weight is 363 g/mol. The molecule has 2 aromatic heterocycles. The molecule has 3 aromatic rings. The van der Waals surface area contributed by atoms with Crippen LogP contribution in [-0.4, -0.2) is 49.8 Å². The standard InChI is InChI=1S/C21H25N5O/c1-2-3-4-10-25-11-7-20-24-17-14-16(5-6-19(17)26(20)13-12-25)21(27)18-15-22-8-9-23-18/h5-6,8-9,14-15H,2-4,7,10-13H2,1H3. The summed E-state index contributed by atoms with van der Waals surface area (Å²) in [5.74, 6) is 1.00. The Morgan fingerprint density at radius 3 is 2.89 bits per heavy atom. The highest BCUT2D eigenvalue weighted by Gasteiger charge is 2.19. The summed E-state index contributed by atoms with van der Waals surface area (Å²) < 4.78 is 2.31. The first-order chi connectivity index (χ1) is 13.3. The van der Waals surface area contributed by atoms with Gasteiger partial charge < -0.3 is 9.47 Å². The summed E-state index contributed by atoms with van der Waals surface area (Å²) in [5, 5.41) is 0. The fourth-order valence-electron chi connectivity index (χ4n) is 3.75. The predicted molar refractivity (Wildman–Crippen MR) is 105 cm³/mol. The van der Waals surface area contributed by atoms with Crippen LogP contribution in [0.15, 0.2) is 36.8 Å². The fraction of sp³-hybridized carbons (Fsp3) is 0.429. The van der Waals surface area contributed by atoms with E-state index in [1.165, 1.54) is 38.2 Å². The van der Waals surface area contributed by atoms with E-state index in [1.54, 1.807) is 6.20 Å². The third-order valence-corrected chi connectivity index (χ3v) is 5.25. The molecule has 0 unspecified atom stereocenters. The van der Waals surface area contributed by atoms with Gasteiger partial charge in [-0.25, -0.2) is 9.97 Å². The molecule has 0 saturated carbocycles. The Hall–Kier alpha value is -2.60. The van der Waals surface area contributed by atoms with Gasteiger partial charge in [-0.3, -0.25) is 9.78 Å². The van der Waals surface area contributed by atoms with E-state index in [0.717, 1.165) is 42.9 Å². The second-order valence-electron chi connectivity index (χ2n) is 7.10. The summed E-state index contributed by atoms with van der Waals surface area (Å²) in [7, 11) is 0. The molecule has 27 heavy (non-hydrogen) atoms. The lowest BCUT2D eigenvalue weighted by Crippen LogP contribution is -2.28. The predicted octanol–water partition coefficient (Wildman–Crippen LogP) is 3.11. The molecule has 0 N–H and O–H groups in total. The zero-order valence-electron chi connectivity index (χ0n) is 15.8. The Balaban J connectivity index is 1.54. The molecule has 0 amide bonds. The van der Waals surface area contributed by atoms with Crippen LogP contribution < -0.4 is 0 Å². The van der Waals surface area contributed by atoms with E-state index >= 15 is 0 Å². The van der Waals surface area contributed by atoms with Gasteiger partial charge in [0.2, 0.25) is 5.78 Å². The maximum absolute atomic E-state index is 12.6. The second-order valence-corrected chi connectivity index (χ2v) is 7.10. The summed E-state index contributed by atoms with van der Waals surface area (Å²) in [6, 6.07) is 5.77. The van der Waals surface area contributed by atoms with Crippen molar-refractivity contribution < 1.29 is 4.79 Å². The quantitative estimate of drug-likeness (QED) is 0.497. The maximum atomic E-state index is 12.6. The van der Waals surface area contributed by atoms with Crippen molar-refractivity contribution in [3.8, 4) is 0 Å². The Morgan fingerprint density at radius 2 is 2.07 bits per heavy atom. The molecule has 140 valence electrons. The highest BCUT2D eigenvalue weighted by molar-refractivity contribution is 6.08. The molecule has 1 aliphatic rings. The van der Waals surface area contributed by atoms with E-state index in [-0.39, 0.29) is 5.78 Å². The van der Waals surface area contributed by atoms with Gasteiger partial charge in [0.1, 0.15) is 11.5 Å². The number of ketones is 1. The lowest BCUT2D eigenvalue weighted by atomic mass is 10.1. The van der Waals surface area contributed by atoms with Crippen molar-refractivity contribution in [1.82, 2.24) is 24.4 Å². The number of unbranched alkanes of at least 4 members (excludes halogenated alkanes) is 2. The van der Waals surface area contributed by atoms with Gasteiger partial charge in [0.15, 0.2) is 0 Å². The summed E-state index contributed by atoms with van der Waals surface area (Å²) in [5.41, 5.74) is 2.97. The van der Waals surface area contributed by atoms with Crippen molar-refractivity contribution in [2.45, 2.75) is 39.2 Å². The first kappa shape index (κ1) is 17.8. The first-order valence-electron chi connectivity index (χ1n) is 9.78. The Labute approximate surface area is 159 Å². The molecular weight excluding hydrogens is 338 g/mol.